The van der Waals surface area contributed by atoms with Gasteiger partial charge in [-0.1, -0.05) is 35.2 Å². The van der Waals surface area contributed by atoms with Crippen molar-refractivity contribution in [2.75, 3.05) is 18.6 Å². The SMILES string of the molecule is COc1cc([C@@H]2CC(c3cccs3)=NN2C(=O)CSc2nnc(N)s2)ccc1OC(F)F. The number of thioether (sulfide) groups is 1. The number of hydrogen-bond acceptors (Lipinski definition) is 10. The lowest BCUT2D eigenvalue weighted by atomic mass is 10.0. The van der Waals surface area contributed by atoms with Gasteiger partial charge in [0.1, 0.15) is 0 Å². The number of ether oxygens (including phenoxy) is 2. The average Bonchev–Trinajstić information content (AvgIpc) is 3.52. The molecule has 1 aromatic carbocycles. The molecule has 0 spiro atoms. The molecule has 168 valence electrons. The summed E-state index contributed by atoms with van der Waals surface area (Å²) < 4.78 is 35.7. The lowest BCUT2D eigenvalue weighted by Gasteiger charge is -2.22. The molecule has 3 heterocycles. The molecular weight excluding hydrogens is 480 g/mol. The number of aromatic nitrogens is 2. The molecule has 0 bridgehead atoms. The summed E-state index contributed by atoms with van der Waals surface area (Å²) >= 11 is 3.96. The lowest BCUT2D eigenvalue weighted by molar-refractivity contribution is -0.130. The van der Waals surface area contributed by atoms with Gasteiger partial charge in [-0.15, -0.1) is 21.5 Å². The fourth-order valence-corrected chi connectivity index (χ4v) is 5.35. The van der Waals surface area contributed by atoms with E-state index in [-0.39, 0.29) is 23.2 Å². The van der Waals surface area contributed by atoms with Gasteiger partial charge in [0, 0.05) is 6.42 Å². The zero-order valence-corrected chi connectivity index (χ0v) is 19.1. The number of anilines is 1. The zero-order valence-electron chi connectivity index (χ0n) is 16.6. The predicted octanol–water partition coefficient (Wildman–Crippen LogP) is 4.26. The number of nitrogens with two attached hydrogens (primary N) is 1. The third-order valence-electron chi connectivity index (χ3n) is 4.50. The highest BCUT2D eigenvalue weighted by Gasteiger charge is 2.34. The molecule has 13 heteroatoms. The van der Waals surface area contributed by atoms with Gasteiger partial charge >= 0.3 is 6.61 Å². The number of carbonyl (C=O) groups is 1. The number of nitrogens with zero attached hydrogens (tertiary/aromatic N) is 4. The van der Waals surface area contributed by atoms with Crippen LogP contribution in [0.15, 0.2) is 45.2 Å². The van der Waals surface area contributed by atoms with Crippen LogP contribution in [0.25, 0.3) is 0 Å². The van der Waals surface area contributed by atoms with Crippen LogP contribution in [0.4, 0.5) is 13.9 Å². The Balaban J connectivity index is 1.59. The van der Waals surface area contributed by atoms with Crippen molar-refractivity contribution in [3.8, 4) is 11.5 Å². The van der Waals surface area contributed by atoms with Crippen LogP contribution in [0, 0.1) is 0 Å². The van der Waals surface area contributed by atoms with Crippen molar-refractivity contribution in [2.24, 2.45) is 5.10 Å². The van der Waals surface area contributed by atoms with Crippen LogP contribution in [0.1, 0.15) is 22.9 Å². The van der Waals surface area contributed by atoms with Crippen LogP contribution in [0.3, 0.4) is 0 Å². The minimum absolute atomic E-state index is 0.0778. The van der Waals surface area contributed by atoms with E-state index in [9.17, 15) is 13.6 Å². The van der Waals surface area contributed by atoms with Crippen LogP contribution in [0.5, 0.6) is 11.5 Å². The Morgan fingerprint density at radius 3 is 2.84 bits per heavy atom. The largest absolute Gasteiger partial charge is 0.493 e. The first kappa shape index (κ1) is 22.4. The van der Waals surface area contributed by atoms with E-state index in [1.54, 1.807) is 12.1 Å². The molecular formula is C19H17F2N5O3S3. The van der Waals surface area contributed by atoms with Crippen molar-refractivity contribution >= 4 is 51.2 Å². The molecule has 0 fully saturated rings. The second-order valence-electron chi connectivity index (χ2n) is 6.47. The Hall–Kier alpha value is -2.77. The number of alkyl halides is 2. The van der Waals surface area contributed by atoms with E-state index in [1.165, 1.54) is 52.6 Å². The van der Waals surface area contributed by atoms with Gasteiger partial charge in [0.25, 0.3) is 5.91 Å². The molecule has 0 unspecified atom stereocenters. The van der Waals surface area contributed by atoms with E-state index in [2.05, 4.69) is 20.0 Å². The minimum atomic E-state index is -2.97. The summed E-state index contributed by atoms with van der Waals surface area (Å²) in [5.74, 6) is -0.0626. The van der Waals surface area contributed by atoms with Gasteiger partial charge in [-0.05, 0) is 29.1 Å². The maximum Gasteiger partial charge on any atom is 0.387 e. The van der Waals surface area contributed by atoms with Crippen molar-refractivity contribution in [3.05, 3.63) is 46.2 Å². The molecule has 0 saturated carbocycles. The molecule has 4 rings (SSSR count). The molecule has 3 aromatic rings. The van der Waals surface area contributed by atoms with E-state index in [4.69, 9.17) is 10.5 Å². The lowest BCUT2D eigenvalue weighted by Crippen LogP contribution is -2.28. The Morgan fingerprint density at radius 2 is 2.19 bits per heavy atom. The van der Waals surface area contributed by atoms with Crippen molar-refractivity contribution in [1.29, 1.82) is 0 Å². The fourth-order valence-electron chi connectivity index (χ4n) is 3.14. The highest BCUT2D eigenvalue weighted by atomic mass is 32.2. The molecule has 1 aliphatic rings. The van der Waals surface area contributed by atoms with Gasteiger partial charge in [0.05, 0.1) is 29.5 Å². The number of thiophene rings is 1. The summed E-state index contributed by atoms with van der Waals surface area (Å²) in [5, 5.41) is 15.9. The van der Waals surface area contributed by atoms with E-state index < -0.39 is 12.7 Å². The van der Waals surface area contributed by atoms with Gasteiger partial charge in [0.15, 0.2) is 15.8 Å². The molecule has 32 heavy (non-hydrogen) atoms. The normalized spacial score (nSPS) is 15.8. The van der Waals surface area contributed by atoms with Crippen LogP contribution in [-0.4, -0.2) is 46.3 Å². The summed E-state index contributed by atoms with van der Waals surface area (Å²) in [7, 11) is 1.37. The molecule has 1 amide bonds. The number of hydrazone groups is 1. The number of amides is 1. The Morgan fingerprint density at radius 1 is 1.34 bits per heavy atom. The summed E-state index contributed by atoms with van der Waals surface area (Å²) in [6.07, 6.45) is 0.473. The van der Waals surface area contributed by atoms with E-state index >= 15 is 0 Å². The van der Waals surface area contributed by atoms with E-state index in [0.717, 1.165) is 10.6 Å². The smallest absolute Gasteiger partial charge is 0.387 e. The number of methoxy groups -OCH3 is 1. The number of hydrogen-bond donors (Lipinski definition) is 1. The van der Waals surface area contributed by atoms with Crippen molar-refractivity contribution < 1.29 is 23.0 Å². The van der Waals surface area contributed by atoms with Gasteiger partial charge in [-0.25, -0.2) is 5.01 Å². The number of nitrogen functional groups attached to an aromatic ring is 1. The van der Waals surface area contributed by atoms with Crippen LogP contribution in [0.2, 0.25) is 0 Å². The second kappa shape index (κ2) is 9.79. The van der Waals surface area contributed by atoms with Crippen LogP contribution >= 0.6 is 34.4 Å². The average molecular weight is 498 g/mol. The van der Waals surface area contributed by atoms with Gasteiger partial charge in [-0.2, -0.15) is 13.9 Å². The summed E-state index contributed by atoms with van der Waals surface area (Å²) in [4.78, 5) is 14.0. The molecule has 0 saturated heterocycles. The third kappa shape index (κ3) is 5.00. The second-order valence-corrected chi connectivity index (χ2v) is 9.65. The number of benzene rings is 1. The molecule has 2 aromatic heterocycles. The molecule has 8 nitrogen and oxygen atoms in total. The van der Waals surface area contributed by atoms with Crippen LogP contribution < -0.4 is 15.2 Å². The first-order chi connectivity index (χ1) is 15.4. The highest BCUT2D eigenvalue weighted by molar-refractivity contribution is 8.01. The summed E-state index contributed by atoms with van der Waals surface area (Å²) in [5.41, 5.74) is 7.06. The molecule has 0 aliphatic carbocycles. The number of halogens is 2. The van der Waals surface area contributed by atoms with E-state index in [0.29, 0.717) is 21.5 Å². The highest BCUT2D eigenvalue weighted by Crippen LogP contribution is 2.39. The maximum absolute atomic E-state index is 13.1. The summed E-state index contributed by atoms with van der Waals surface area (Å²) in [6, 6.07) is 8.06. The third-order valence-corrected chi connectivity index (χ3v) is 7.29. The first-order valence-corrected chi connectivity index (χ1v) is 11.9. The monoisotopic (exact) mass is 497 g/mol. The van der Waals surface area contributed by atoms with Gasteiger partial charge in [-0.3, -0.25) is 4.79 Å². The summed E-state index contributed by atoms with van der Waals surface area (Å²) in [6.45, 7) is -2.97. The van der Waals surface area contributed by atoms with Crippen molar-refractivity contribution in [2.45, 2.75) is 23.4 Å². The van der Waals surface area contributed by atoms with Gasteiger partial charge in [0.2, 0.25) is 5.13 Å². The Bertz CT molecular complexity index is 1120. The van der Waals surface area contributed by atoms with Gasteiger partial charge < -0.3 is 15.2 Å². The number of rotatable bonds is 8. The predicted molar refractivity (Wildman–Crippen MR) is 120 cm³/mol. The Kier molecular flexibility index (Phi) is 6.86. The maximum atomic E-state index is 13.1. The number of carbonyl (C=O) groups excluding carboxylic acids is 1. The molecule has 2 N–H and O–H groups in total. The van der Waals surface area contributed by atoms with E-state index in [1.807, 2.05) is 17.5 Å². The Labute approximate surface area is 194 Å². The minimum Gasteiger partial charge on any atom is -0.493 e. The fraction of sp³-hybridized carbons (Fsp3) is 0.263. The molecule has 0 radical (unpaired) electrons. The first-order valence-electron chi connectivity index (χ1n) is 9.22. The standard InChI is InChI=1S/C19H17F2N5O3S3/c1-28-14-7-10(4-5-13(14)29-17(20)21)12-8-11(15-3-2-6-30-15)25-26(12)16(27)9-31-19-24-23-18(22)32-19/h2-7,12,17H,8-9H2,1H3,(H2,22,23)/t12-/m0/s1. The van der Waals surface area contributed by atoms with Crippen molar-refractivity contribution in [1.82, 2.24) is 15.2 Å². The zero-order chi connectivity index (χ0) is 22.7. The van der Waals surface area contributed by atoms with Crippen LogP contribution in [-0.2, 0) is 4.79 Å². The topological polar surface area (TPSA) is 103 Å². The molecule has 1 aliphatic heterocycles. The van der Waals surface area contributed by atoms with Crippen molar-refractivity contribution in [3.63, 3.8) is 0 Å². The molecule has 1 atom stereocenters. The quantitative estimate of drug-likeness (QED) is 0.464.